The number of hydrazine groups is 1. The minimum absolute atomic E-state index is 0.263. The molecule has 1 aliphatic rings. The fourth-order valence-electron chi connectivity index (χ4n) is 3.27. The number of pyridine rings is 1. The van der Waals surface area contributed by atoms with E-state index in [1.807, 2.05) is 17.5 Å². The van der Waals surface area contributed by atoms with Gasteiger partial charge in [-0.25, -0.2) is 0 Å². The van der Waals surface area contributed by atoms with Crippen molar-refractivity contribution in [2.75, 3.05) is 0 Å². The number of rotatable bonds is 5. The lowest BCUT2D eigenvalue weighted by Gasteiger charge is -2.30. The summed E-state index contributed by atoms with van der Waals surface area (Å²) in [5.41, 5.74) is 6.95. The summed E-state index contributed by atoms with van der Waals surface area (Å²) in [6.07, 6.45) is 7.61. The zero-order valence-corrected chi connectivity index (χ0v) is 13.3. The molecule has 2 aromatic rings. The SMILES string of the molecule is CCc1ccc(CC(NN)C2CCCc3sccc32)nc1. The van der Waals surface area contributed by atoms with Gasteiger partial charge < -0.3 is 0 Å². The molecule has 2 atom stereocenters. The van der Waals surface area contributed by atoms with Crippen molar-refractivity contribution in [1.82, 2.24) is 10.4 Å². The average molecular weight is 301 g/mol. The van der Waals surface area contributed by atoms with E-state index in [-0.39, 0.29) is 6.04 Å². The van der Waals surface area contributed by atoms with Gasteiger partial charge in [-0.05, 0) is 54.3 Å². The second kappa shape index (κ2) is 6.69. The van der Waals surface area contributed by atoms with Gasteiger partial charge in [-0.3, -0.25) is 16.3 Å². The van der Waals surface area contributed by atoms with Crippen LogP contribution in [0.2, 0.25) is 0 Å². The zero-order valence-electron chi connectivity index (χ0n) is 12.5. The van der Waals surface area contributed by atoms with Gasteiger partial charge in [-0.15, -0.1) is 11.3 Å². The predicted octanol–water partition coefficient (Wildman–Crippen LogP) is 3.20. The Morgan fingerprint density at radius 1 is 1.43 bits per heavy atom. The summed E-state index contributed by atoms with van der Waals surface area (Å²) < 4.78 is 0. The number of fused-ring (bicyclic) bond motifs is 1. The first-order valence-electron chi connectivity index (χ1n) is 7.78. The molecule has 0 aromatic carbocycles. The van der Waals surface area contributed by atoms with Crippen molar-refractivity contribution in [1.29, 1.82) is 0 Å². The Labute approximate surface area is 130 Å². The number of hydrogen-bond donors (Lipinski definition) is 2. The Balaban J connectivity index is 1.76. The maximum absolute atomic E-state index is 5.86. The highest BCUT2D eigenvalue weighted by molar-refractivity contribution is 7.10. The molecule has 4 heteroatoms. The molecule has 0 fully saturated rings. The molecule has 1 aliphatic carbocycles. The standard InChI is InChI=1S/C17H23N3S/c1-2-12-6-7-13(19-11-12)10-16(20-18)14-4-3-5-17-15(14)8-9-21-17/h6-9,11,14,16,20H,2-5,10,18H2,1H3. The van der Waals surface area contributed by atoms with E-state index >= 15 is 0 Å². The van der Waals surface area contributed by atoms with Crippen molar-refractivity contribution >= 4 is 11.3 Å². The van der Waals surface area contributed by atoms with E-state index in [1.165, 1.54) is 30.4 Å². The number of aromatic nitrogens is 1. The normalized spacial score (nSPS) is 19.2. The molecule has 0 aliphatic heterocycles. The van der Waals surface area contributed by atoms with E-state index in [1.54, 1.807) is 4.88 Å². The third-order valence-corrected chi connectivity index (χ3v) is 5.52. The molecular weight excluding hydrogens is 278 g/mol. The van der Waals surface area contributed by atoms with E-state index in [2.05, 4.69) is 40.9 Å². The first-order valence-corrected chi connectivity index (χ1v) is 8.66. The van der Waals surface area contributed by atoms with E-state index < -0.39 is 0 Å². The first-order chi connectivity index (χ1) is 10.3. The van der Waals surface area contributed by atoms with Crippen molar-refractivity contribution < 1.29 is 0 Å². The van der Waals surface area contributed by atoms with E-state index in [9.17, 15) is 0 Å². The van der Waals surface area contributed by atoms with E-state index in [0.717, 1.165) is 18.5 Å². The van der Waals surface area contributed by atoms with Crippen molar-refractivity contribution in [3.05, 3.63) is 51.5 Å². The van der Waals surface area contributed by atoms with Gasteiger partial charge in [0.1, 0.15) is 0 Å². The van der Waals surface area contributed by atoms with Crippen LogP contribution in [0, 0.1) is 0 Å². The molecule has 3 N–H and O–H groups in total. The lowest BCUT2D eigenvalue weighted by molar-refractivity contribution is 0.395. The molecule has 0 saturated heterocycles. The van der Waals surface area contributed by atoms with Crippen molar-refractivity contribution in [3.63, 3.8) is 0 Å². The van der Waals surface area contributed by atoms with Gasteiger partial charge in [0.2, 0.25) is 0 Å². The third-order valence-electron chi connectivity index (χ3n) is 4.52. The second-order valence-electron chi connectivity index (χ2n) is 5.79. The third kappa shape index (κ3) is 3.18. The quantitative estimate of drug-likeness (QED) is 0.658. The maximum atomic E-state index is 5.86. The highest BCUT2D eigenvalue weighted by Crippen LogP contribution is 2.37. The van der Waals surface area contributed by atoms with Crippen LogP contribution in [0.25, 0.3) is 0 Å². The van der Waals surface area contributed by atoms with Gasteiger partial charge in [-0.2, -0.15) is 0 Å². The number of hydrogen-bond acceptors (Lipinski definition) is 4. The predicted molar refractivity (Wildman–Crippen MR) is 88.4 cm³/mol. The summed E-state index contributed by atoms with van der Waals surface area (Å²) in [7, 11) is 0. The number of thiophene rings is 1. The summed E-state index contributed by atoms with van der Waals surface area (Å²) in [5.74, 6) is 6.37. The van der Waals surface area contributed by atoms with Crippen LogP contribution in [0.1, 0.15) is 47.4 Å². The molecule has 0 bridgehead atoms. The molecule has 0 spiro atoms. The average Bonchev–Trinajstić information content (AvgIpc) is 3.02. The Hall–Kier alpha value is -1.23. The molecule has 3 rings (SSSR count). The lowest BCUT2D eigenvalue weighted by atomic mass is 9.81. The number of nitrogens with zero attached hydrogens (tertiary/aromatic N) is 1. The van der Waals surface area contributed by atoms with Crippen LogP contribution in [-0.2, 0) is 19.3 Å². The molecule has 2 heterocycles. The van der Waals surface area contributed by atoms with Crippen LogP contribution in [0.5, 0.6) is 0 Å². The Morgan fingerprint density at radius 2 is 2.33 bits per heavy atom. The molecule has 2 aromatic heterocycles. The molecule has 3 nitrogen and oxygen atoms in total. The fourth-order valence-corrected chi connectivity index (χ4v) is 4.26. The van der Waals surface area contributed by atoms with Gasteiger partial charge in [-0.1, -0.05) is 13.0 Å². The Kier molecular flexibility index (Phi) is 4.68. The van der Waals surface area contributed by atoms with Gasteiger partial charge in [0.05, 0.1) is 0 Å². The Bertz CT molecular complexity index is 576. The van der Waals surface area contributed by atoms with E-state index in [4.69, 9.17) is 5.84 Å². The van der Waals surface area contributed by atoms with Gasteiger partial charge in [0, 0.05) is 35.1 Å². The van der Waals surface area contributed by atoms with E-state index in [0.29, 0.717) is 5.92 Å². The van der Waals surface area contributed by atoms with Crippen molar-refractivity contribution in [2.45, 2.75) is 51.0 Å². The maximum Gasteiger partial charge on any atom is 0.0420 e. The molecule has 0 amide bonds. The molecule has 112 valence electrons. The van der Waals surface area contributed by atoms with Crippen LogP contribution in [0.3, 0.4) is 0 Å². The highest BCUT2D eigenvalue weighted by atomic mass is 32.1. The number of nitrogens with two attached hydrogens (primary N) is 1. The smallest absolute Gasteiger partial charge is 0.0420 e. The van der Waals surface area contributed by atoms with Crippen LogP contribution >= 0.6 is 11.3 Å². The van der Waals surface area contributed by atoms with Crippen LogP contribution in [0.4, 0.5) is 0 Å². The minimum atomic E-state index is 0.263. The van der Waals surface area contributed by atoms with Crippen molar-refractivity contribution in [3.8, 4) is 0 Å². The largest absolute Gasteiger partial charge is 0.271 e. The molecule has 0 radical (unpaired) electrons. The lowest BCUT2D eigenvalue weighted by Crippen LogP contribution is -2.42. The van der Waals surface area contributed by atoms with Crippen LogP contribution in [0.15, 0.2) is 29.8 Å². The van der Waals surface area contributed by atoms with Crippen LogP contribution in [-0.4, -0.2) is 11.0 Å². The zero-order chi connectivity index (χ0) is 14.7. The summed E-state index contributed by atoms with van der Waals surface area (Å²) in [5, 5.41) is 2.21. The number of nitrogens with one attached hydrogen (secondary N) is 1. The van der Waals surface area contributed by atoms with Crippen LogP contribution < -0.4 is 11.3 Å². The fraction of sp³-hybridized carbons (Fsp3) is 0.471. The van der Waals surface area contributed by atoms with Gasteiger partial charge in [0.15, 0.2) is 0 Å². The summed E-state index contributed by atoms with van der Waals surface area (Å²) >= 11 is 1.88. The second-order valence-corrected chi connectivity index (χ2v) is 6.79. The van der Waals surface area contributed by atoms with Crippen molar-refractivity contribution in [2.24, 2.45) is 5.84 Å². The first kappa shape index (κ1) is 14.7. The molecule has 0 saturated carbocycles. The Morgan fingerprint density at radius 3 is 3.05 bits per heavy atom. The van der Waals surface area contributed by atoms with Gasteiger partial charge in [0.25, 0.3) is 0 Å². The summed E-state index contributed by atoms with van der Waals surface area (Å²) in [6.45, 7) is 2.15. The monoisotopic (exact) mass is 301 g/mol. The molecule has 21 heavy (non-hydrogen) atoms. The summed E-state index contributed by atoms with van der Waals surface area (Å²) in [4.78, 5) is 6.13. The highest BCUT2D eigenvalue weighted by Gasteiger charge is 2.28. The molecule has 2 unspecified atom stereocenters. The summed E-state index contributed by atoms with van der Waals surface area (Å²) in [6, 6.07) is 6.85. The minimum Gasteiger partial charge on any atom is -0.271 e. The molecular formula is C17H23N3S. The number of aryl methyl sites for hydroxylation is 2. The topological polar surface area (TPSA) is 50.9 Å². The van der Waals surface area contributed by atoms with Gasteiger partial charge >= 0.3 is 0 Å².